The number of hydrogen-bond acceptors (Lipinski definition) is 2. The third-order valence-electron chi connectivity index (χ3n) is 4.85. The van der Waals surface area contributed by atoms with Gasteiger partial charge in [0.05, 0.1) is 5.54 Å². The van der Waals surface area contributed by atoms with Crippen LogP contribution in [-0.2, 0) is 11.3 Å². The van der Waals surface area contributed by atoms with Crippen molar-refractivity contribution in [3.05, 3.63) is 48.6 Å². The van der Waals surface area contributed by atoms with Crippen LogP contribution in [0.25, 0.3) is 0 Å². The maximum absolute atomic E-state index is 11.8. The normalized spacial score (nSPS) is 25.9. The Kier molecular flexibility index (Phi) is 4.76. The van der Waals surface area contributed by atoms with Gasteiger partial charge in [-0.1, -0.05) is 57.2 Å². The summed E-state index contributed by atoms with van der Waals surface area (Å²) in [7, 11) is 0. The molecule has 1 heterocycles. The lowest BCUT2D eigenvalue weighted by Gasteiger charge is -2.42. The summed E-state index contributed by atoms with van der Waals surface area (Å²) in [6.45, 7) is 14.0. The van der Waals surface area contributed by atoms with E-state index in [1.165, 1.54) is 5.56 Å². The fraction of sp³-hybridized carbons (Fsp3) is 0.526. The molecule has 0 saturated carbocycles. The molecule has 2 rings (SSSR count). The lowest BCUT2D eigenvalue weighted by atomic mass is 9.72. The van der Waals surface area contributed by atoms with Crippen LogP contribution in [0.2, 0.25) is 0 Å². The minimum absolute atomic E-state index is 0.00856. The molecular weight excluding hydrogens is 272 g/mol. The van der Waals surface area contributed by atoms with Gasteiger partial charge in [0.25, 0.3) is 0 Å². The van der Waals surface area contributed by atoms with E-state index in [2.05, 4.69) is 61.8 Å². The predicted octanol–water partition coefficient (Wildman–Crippen LogP) is 3.37. The second-order valence-electron chi connectivity index (χ2n) is 7.41. The van der Waals surface area contributed by atoms with Crippen LogP contribution in [0.1, 0.15) is 39.7 Å². The Balaban J connectivity index is 2.25. The summed E-state index contributed by atoms with van der Waals surface area (Å²) < 4.78 is 0. The molecule has 0 aromatic heterocycles. The summed E-state index contributed by atoms with van der Waals surface area (Å²) in [5, 5.41) is 3.25. The molecule has 0 bridgehead atoms. The van der Waals surface area contributed by atoms with E-state index in [9.17, 15) is 4.79 Å². The van der Waals surface area contributed by atoms with Crippen LogP contribution >= 0.6 is 0 Å². The van der Waals surface area contributed by atoms with Gasteiger partial charge in [0.2, 0.25) is 5.91 Å². The number of carbonyl (C=O) groups is 1. The highest BCUT2D eigenvalue weighted by atomic mass is 16.1. The Morgan fingerprint density at radius 2 is 2.05 bits per heavy atom. The summed E-state index contributed by atoms with van der Waals surface area (Å²) in [5.74, 6) is 0.0410. The van der Waals surface area contributed by atoms with Crippen molar-refractivity contribution in [2.75, 3.05) is 6.54 Å². The van der Waals surface area contributed by atoms with Crippen molar-refractivity contribution in [1.82, 2.24) is 10.2 Å². The van der Waals surface area contributed by atoms with Gasteiger partial charge in [-0.2, -0.15) is 0 Å². The highest BCUT2D eigenvalue weighted by molar-refractivity contribution is 5.74. The van der Waals surface area contributed by atoms with Crippen molar-refractivity contribution in [3.63, 3.8) is 0 Å². The van der Waals surface area contributed by atoms with Gasteiger partial charge in [-0.25, -0.2) is 0 Å². The van der Waals surface area contributed by atoms with E-state index in [1.54, 1.807) is 6.92 Å². The topological polar surface area (TPSA) is 32.3 Å². The van der Waals surface area contributed by atoms with Crippen molar-refractivity contribution in [2.24, 2.45) is 5.41 Å². The first kappa shape index (κ1) is 16.8. The Morgan fingerprint density at radius 1 is 1.41 bits per heavy atom. The van der Waals surface area contributed by atoms with E-state index < -0.39 is 0 Å². The first-order chi connectivity index (χ1) is 10.3. The summed E-state index contributed by atoms with van der Waals surface area (Å²) in [4.78, 5) is 14.2. The van der Waals surface area contributed by atoms with E-state index in [1.807, 2.05) is 12.1 Å². The third kappa shape index (κ3) is 3.41. The van der Waals surface area contributed by atoms with Crippen molar-refractivity contribution in [1.29, 1.82) is 0 Å². The van der Waals surface area contributed by atoms with Crippen LogP contribution in [0, 0.1) is 5.41 Å². The largest absolute Gasteiger partial charge is 0.349 e. The highest BCUT2D eigenvalue weighted by Gasteiger charge is 2.50. The predicted molar refractivity (Wildman–Crippen MR) is 91.5 cm³/mol. The number of rotatable bonds is 4. The standard InChI is InChI=1S/C19H28N2O/c1-6-17-12-19(18(3,4)5,20-15(2)22)14-21(17)13-16-10-8-7-9-11-16/h6-11,17H,1,12-14H2,2-5H3,(H,20,22). The molecule has 3 heteroatoms. The zero-order valence-electron chi connectivity index (χ0n) is 14.2. The van der Waals surface area contributed by atoms with E-state index >= 15 is 0 Å². The molecule has 2 atom stereocenters. The number of carbonyl (C=O) groups excluding carboxylic acids is 1. The zero-order valence-corrected chi connectivity index (χ0v) is 14.2. The van der Waals surface area contributed by atoms with Gasteiger partial charge in [-0.3, -0.25) is 9.69 Å². The molecule has 3 nitrogen and oxygen atoms in total. The second-order valence-corrected chi connectivity index (χ2v) is 7.41. The third-order valence-corrected chi connectivity index (χ3v) is 4.85. The lowest BCUT2D eigenvalue weighted by Crippen LogP contribution is -2.58. The highest BCUT2D eigenvalue weighted by Crippen LogP contribution is 2.41. The first-order valence-corrected chi connectivity index (χ1v) is 7.97. The molecule has 0 spiro atoms. The maximum Gasteiger partial charge on any atom is 0.217 e. The van der Waals surface area contributed by atoms with Crippen molar-refractivity contribution in [3.8, 4) is 0 Å². The van der Waals surface area contributed by atoms with Crippen LogP contribution in [0.3, 0.4) is 0 Å². The Morgan fingerprint density at radius 3 is 2.55 bits per heavy atom. The number of benzene rings is 1. The van der Waals surface area contributed by atoms with Crippen molar-refractivity contribution < 1.29 is 4.79 Å². The Bertz CT molecular complexity index is 532. The molecule has 120 valence electrons. The SMILES string of the molecule is C=CC1CC(NC(C)=O)(C(C)(C)C)CN1Cc1ccccc1. The fourth-order valence-electron chi connectivity index (χ4n) is 3.40. The average Bonchev–Trinajstić information content (AvgIpc) is 2.77. The minimum atomic E-state index is -0.216. The van der Waals surface area contributed by atoms with Crippen molar-refractivity contribution in [2.45, 2.75) is 52.2 Å². The molecule has 1 aliphatic heterocycles. The molecule has 1 fully saturated rings. The number of nitrogens with zero attached hydrogens (tertiary/aromatic N) is 1. The van der Waals surface area contributed by atoms with E-state index in [0.29, 0.717) is 0 Å². The van der Waals surface area contributed by atoms with Crippen LogP contribution in [0.15, 0.2) is 43.0 Å². The van der Waals surface area contributed by atoms with Crippen LogP contribution in [-0.4, -0.2) is 28.9 Å². The number of hydrogen-bond donors (Lipinski definition) is 1. The fourth-order valence-corrected chi connectivity index (χ4v) is 3.40. The molecule has 1 aromatic carbocycles. The van der Waals surface area contributed by atoms with Gasteiger partial charge in [0.1, 0.15) is 0 Å². The van der Waals surface area contributed by atoms with Crippen LogP contribution in [0.5, 0.6) is 0 Å². The monoisotopic (exact) mass is 300 g/mol. The average molecular weight is 300 g/mol. The van der Waals surface area contributed by atoms with Gasteiger partial charge in [-0.05, 0) is 17.4 Å². The van der Waals surface area contributed by atoms with Crippen LogP contribution in [0.4, 0.5) is 0 Å². The van der Waals surface area contributed by atoms with Gasteiger partial charge >= 0.3 is 0 Å². The van der Waals surface area contributed by atoms with Gasteiger partial charge in [0, 0.05) is 26.1 Å². The molecular formula is C19H28N2O. The quantitative estimate of drug-likeness (QED) is 0.865. The smallest absolute Gasteiger partial charge is 0.217 e. The number of nitrogens with one attached hydrogen (secondary N) is 1. The van der Waals surface area contributed by atoms with Gasteiger partial charge < -0.3 is 5.32 Å². The summed E-state index contributed by atoms with van der Waals surface area (Å²) in [6, 6.07) is 10.8. The Hall–Kier alpha value is -1.61. The van der Waals surface area contributed by atoms with Crippen LogP contribution < -0.4 is 5.32 Å². The maximum atomic E-state index is 11.8. The van der Waals surface area contributed by atoms with E-state index in [0.717, 1.165) is 19.5 Å². The van der Waals surface area contributed by atoms with Gasteiger partial charge in [0.15, 0.2) is 0 Å². The zero-order chi connectivity index (χ0) is 16.4. The second kappa shape index (κ2) is 6.25. The first-order valence-electron chi connectivity index (χ1n) is 7.97. The molecule has 1 N–H and O–H groups in total. The van der Waals surface area contributed by atoms with E-state index in [4.69, 9.17) is 0 Å². The molecule has 2 unspecified atom stereocenters. The lowest BCUT2D eigenvalue weighted by molar-refractivity contribution is -0.122. The Labute approximate surface area is 134 Å². The number of likely N-dealkylation sites (tertiary alicyclic amines) is 1. The summed E-state index contributed by atoms with van der Waals surface area (Å²) in [5.41, 5.74) is 1.07. The van der Waals surface area contributed by atoms with Crippen molar-refractivity contribution >= 4 is 5.91 Å². The molecule has 1 amide bonds. The minimum Gasteiger partial charge on any atom is -0.349 e. The molecule has 1 aliphatic rings. The van der Waals surface area contributed by atoms with E-state index in [-0.39, 0.29) is 22.9 Å². The summed E-state index contributed by atoms with van der Waals surface area (Å²) >= 11 is 0. The number of amides is 1. The molecule has 0 radical (unpaired) electrons. The molecule has 0 aliphatic carbocycles. The molecule has 1 saturated heterocycles. The van der Waals surface area contributed by atoms with Gasteiger partial charge in [-0.15, -0.1) is 6.58 Å². The molecule has 22 heavy (non-hydrogen) atoms. The summed E-state index contributed by atoms with van der Waals surface area (Å²) in [6.07, 6.45) is 2.92. The molecule has 1 aromatic rings.